The predicted octanol–water partition coefficient (Wildman–Crippen LogP) is 3.12. The summed E-state index contributed by atoms with van der Waals surface area (Å²) in [7, 11) is -3.65. The van der Waals surface area contributed by atoms with Crippen LogP contribution in [-0.4, -0.2) is 19.9 Å². The van der Waals surface area contributed by atoms with E-state index in [1.807, 2.05) is 19.9 Å². The highest BCUT2D eigenvalue weighted by Crippen LogP contribution is 2.27. The molecule has 114 valence electrons. The lowest BCUT2D eigenvalue weighted by atomic mass is 10.2. The second-order valence-corrected chi connectivity index (χ2v) is 8.17. The molecule has 2 aromatic rings. The van der Waals surface area contributed by atoms with Crippen molar-refractivity contribution in [3.05, 3.63) is 39.3 Å². The molecule has 0 unspecified atom stereocenters. The fourth-order valence-electron chi connectivity index (χ4n) is 1.70. The molecule has 2 rings (SSSR count). The van der Waals surface area contributed by atoms with Gasteiger partial charge in [-0.15, -0.1) is 11.3 Å². The molecule has 0 amide bonds. The molecule has 8 heteroatoms. The summed E-state index contributed by atoms with van der Waals surface area (Å²) in [5, 5.41) is 3.55. The number of nitrogens with zero attached hydrogens (tertiary/aromatic N) is 1. The van der Waals surface area contributed by atoms with Crippen molar-refractivity contribution >= 4 is 42.4 Å². The molecule has 0 spiro atoms. The molecule has 0 saturated heterocycles. The SMILES string of the molecule is CCNCc1ccc(Br)c(S(=O)(=O)Nc2ncc(C)s2)c1. The smallest absolute Gasteiger partial charge is 0.264 e. The topological polar surface area (TPSA) is 71.1 Å². The van der Waals surface area contributed by atoms with E-state index in [9.17, 15) is 8.42 Å². The maximum atomic E-state index is 12.5. The van der Waals surface area contributed by atoms with Crippen molar-refractivity contribution in [2.75, 3.05) is 11.3 Å². The largest absolute Gasteiger partial charge is 0.313 e. The van der Waals surface area contributed by atoms with Crippen LogP contribution in [-0.2, 0) is 16.6 Å². The number of halogens is 1. The van der Waals surface area contributed by atoms with E-state index in [0.29, 0.717) is 16.1 Å². The monoisotopic (exact) mass is 389 g/mol. The first-order chi connectivity index (χ1) is 9.92. The molecule has 5 nitrogen and oxygen atoms in total. The van der Waals surface area contributed by atoms with Gasteiger partial charge in [0.1, 0.15) is 4.90 Å². The zero-order chi connectivity index (χ0) is 15.5. The average molecular weight is 390 g/mol. The van der Waals surface area contributed by atoms with Gasteiger partial charge in [0.05, 0.1) is 0 Å². The maximum absolute atomic E-state index is 12.5. The van der Waals surface area contributed by atoms with Crippen molar-refractivity contribution in [3.8, 4) is 0 Å². The molecule has 1 heterocycles. The minimum Gasteiger partial charge on any atom is -0.313 e. The summed E-state index contributed by atoms with van der Waals surface area (Å²) in [6.07, 6.45) is 1.64. The average Bonchev–Trinajstić information content (AvgIpc) is 2.82. The first-order valence-corrected chi connectivity index (χ1v) is 9.46. The van der Waals surface area contributed by atoms with Gasteiger partial charge in [0.25, 0.3) is 10.0 Å². The van der Waals surface area contributed by atoms with Gasteiger partial charge < -0.3 is 5.32 Å². The molecule has 0 aliphatic rings. The van der Waals surface area contributed by atoms with Gasteiger partial charge in [0.15, 0.2) is 5.13 Å². The van der Waals surface area contributed by atoms with Crippen molar-refractivity contribution in [1.29, 1.82) is 0 Å². The normalized spacial score (nSPS) is 11.6. The molecule has 1 aromatic carbocycles. The molecule has 0 aliphatic heterocycles. The molecule has 0 fully saturated rings. The van der Waals surface area contributed by atoms with Gasteiger partial charge in [-0.2, -0.15) is 0 Å². The molecule has 0 aliphatic carbocycles. The van der Waals surface area contributed by atoms with Crippen LogP contribution in [0.4, 0.5) is 5.13 Å². The number of benzene rings is 1. The van der Waals surface area contributed by atoms with Crippen LogP contribution in [0.5, 0.6) is 0 Å². The van der Waals surface area contributed by atoms with Crippen LogP contribution >= 0.6 is 27.3 Å². The molecular formula is C13H16BrN3O2S2. The standard InChI is InChI=1S/C13H16BrN3O2S2/c1-3-15-8-10-4-5-11(14)12(6-10)21(18,19)17-13-16-7-9(2)20-13/h4-7,15H,3,8H2,1-2H3,(H,16,17). The highest BCUT2D eigenvalue weighted by atomic mass is 79.9. The Bertz CT molecular complexity index is 729. The van der Waals surface area contributed by atoms with Gasteiger partial charge in [-0.3, -0.25) is 4.72 Å². The van der Waals surface area contributed by atoms with Gasteiger partial charge in [-0.25, -0.2) is 13.4 Å². The van der Waals surface area contributed by atoms with Gasteiger partial charge >= 0.3 is 0 Å². The number of hydrogen-bond donors (Lipinski definition) is 2. The van der Waals surface area contributed by atoms with E-state index in [1.54, 1.807) is 18.3 Å². The lowest BCUT2D eigenvalue weighted by Gasteiger charge is -2.10. The van der Waals surface area contributed by atoms with Crippen LogP contribution in [0.1, 0.15) is 17.4 Å². The van der Waals surface area contributed by atoms with Gasteiger partial charge in [0, 0.05) is 22.1 Å². The summed E-state index contributed by atoms with van der Waals surface area (Å²) in [6.45, 7) is 5.34. The van der Waals surface area contributed by atoms with E-state index in [4.69, 9.17) is 0 Å². The van der Waals surface area contributed by atoms with E-state index < -0.39 is 10.0 Å². The Balaban J connectivity index is 2.30. The zero-order valence-corrected chi connectivity index (χ0v) is 14.9. The molecule has 0 bridgehead atoms. The Morgan fingerprint density at radius 3 is 2.76 bits per heavy atom. The molecule has 0 atom stereocenters. The number of aromatic nitrogens is 1. The van der Waals surface area contributed by atoms with Crippen LogP contribution in [0.15, 0.2) is 33.8 Å². The fourth-order valence-corrected chi connectivity index (χ4v) is 4.63. The predicted molar refractivity (Wildman–Crippen MR) is 89.2 cm³/mol. The third kappa shape index (κ3) is 4.26. The van der Waals surface area contributed by atoms with Gasteiger partial charge in [0.2, 0.25) is 0 Å². The van der Waals surface area contributed by atoms with Crippen LogP contribution in [0.25, 0.3) is 0 Å². The maximum Gasteiger partial charge on any atom is 0.264 e. The van der Waals surface area contributed by atoms with Crippen LogP contribution in [0, 0.1) is 6.92 Å². The third-order valence-electron chi connectivity index (χ3n) is 2.71. The number of nitrogens with one attached hydrogen (secondary N) is 2. The number of hydrogen-bond acceptors (Lipinski definition) is 5. The molecule has 1 aromatic heterocycles. The Labute approximate surface area is 137 Å². The van der Waals surface area contributed by atoms with Crippen molar-refractivity contribution in [1.82, 2.24) is 10.3 Å². The van der Waals surface area contributed by atoms with E-state index in [-0.39, 0.29) is 4.90 Å². The summed E-state index contributed by atoms with van der Waals surface area (Å²) in [6, 6.07) is 5.29. The lowest BCUT2D eigenvalue weighted by molar-refractivity contribution is 0.600. The van der Waals surface area contributed by atoms with Crippen molar-refractivity contribution in [2.24, 2.45) is 0 Å². The summed E-state index contributed by atoms with van der Waals surface area (Å²) >= 11 is 4.60. The van der Waals surface area contributed by atoms with Crippen LogP contribution in [0.2, 0.25) is 0 Å². The summed E-state index contributed by atoms with van der Waals surface area (Å²) in [5.74, 6) is 0. The number of anilines is 1. The molecule has 0 saturated carbocycles. The van der Waals surface area contributed by atoms with Gasteiger partial charge in [-0.05, 0) is 47.1 Å². The lowest BCUT2D eigenvalue weighted by Crippen LogP contribution is -2.15. The molecule has 0 radical (unpaired) electrons. The van der Waals surface area contributed by atoms with Crippen molar-refractivity contribution in [2.45, 2.75) is 25.3 Å². The third-order valence-corrected chi connectivity index (χ3v) is 6.00. The van der Waals surface area contributed by atoms with E-state index >= 15 is 0 Å². The summed E-state index contributed by atoms with van der Waals surface area (Å²) in [5.41, 5.74) is 0.913. The number of sulfonamides is 1. The molecule has 21 heavy (non-hydrogen) atoms. The first-order valence-electron chi connectivity index (χ1n) is 6.37. The highest BCUT2D eigenvalue weighted by Gasteiger charge is 2.19. The van der Waals surface area contributed by atoms with Crippen molar-refractivity contribution < 1.29 is 8.42 Å². The minimum absolute atomic E-state index is 0.214. The van der Waals surface area contributed by atoms with E-state index in [2.05, 4.69) is 31.0 Å². The summed E-state index contributed by atoms with van der Waals surface area (Å²) in [4.78, 5) is 5.19. The minimum atomic E-state index is -3.65. The quantitative estimate of drug-likeness (QED) is 0.795. The Kier molecular flexibility index (Phi) is 5.37. The number of aryl methyl sites for hydroxylation is 1. The number of rotatable bonds is 6. The van der Waals surface area contributed by atoms with Crippen LogP contribution in [0.3, 0.4) is 0 Å². The second-order valence-electron chi connectivity index (χ2n) is 4.43. The van der Waals surface area contributed by atoms with Crippen molar-refractivity contribution in [3.63, 3.8) is 0 Å². The van der Waals surface area contributed by atoms with Gasteiger partial charge in [-0.1, -0.05) is 13.0 Å². The Morgan fingerprint density at radius 1 is 1.38 bits per heavy atom. The second kappa shape index (κ2) is 6.87. The van der Waals surface area contributed by atoms with Crippen LogP contribution < -0.4 is 10.0 Å². The fraction of sp³-hybridized carbons (Fsp3) is 0.308. The first kappa shape index (κ1) is 16.4. The van der Waals surface area contributed by atoms with E-state index in [0.717, 1.165) is 17.0 Å². The Hall–Kier alpha value is -0.960. The molecule has 2 N–H and O–H groups in total. The summed E-state index contributed by atoms with van der Waals surface area (Å²) < 4.78 is 28.0. The van der Waals surface area contributed by atoms with E-state index in [1.165, 1.54) is 11.3 Å². The highest BCUT2D eigenvalue weighted by molar-refractivity contribution is 9.10. The zero-order valence-electron chi connectivity index (χ0n) is 11.7. The number of thiazole rings is 1. The Morgan fingerprint density at radius 2 is 2.14 bits per heavy atom. The molecular weight excluding hydrogens is 374 g/mol.